The first-order valence-corrected chi connectivity index (χ1v) is 8.44. The molecule has 1 aromatic heterocycles. The third-order valence-corrected chi connectivity index (χ3v) is 4.07. The van der Waals surface area contributed by atoms with Crippen molar-refractivity contribution in [2.45, 2.75) is 38.1 Å². The van der Waals surface area contributed by atoms with Gasteiger partial charge in [0.05, 0.1) is 22.9 Å². The van der Waals surface area contributed by atoms with E-state index in [-0.39, 0.29) is 11.2 Å². The molecule has 5 nitrogen and oxygen atoms in total. The summed E-state index contributed by atoms with van der Waals surface area (Å²) in [5, 5.41) is 3.50. The van der Waals surface area contributed by atoms with E-state index in [4.69, 9.17) is 4.74 Å². The van der Waals surface area contributed by atoms with Crippen LogP contribution >= 0.6 is 11.8 Å². The van der Waals surface area contributed by atoms with Crippen LogP contribution in [-0.2, 0) is 4.79 Å². The number of carbonyl (C=O) groups excluding carboxylic acids is 1. The zero-order valence-electron chi connectivity index (χ0n) is 13.5. The molecule has 1 aromatic carbocycles. The Balaban J connectivity index is 2.03. The normalized spacial score (nSPS) is 12.6. The number of rotatable bonds is 7. The van der Waals surface area contributed by atoms with Gasteiger partial charge in [-0.1, -0.05) is 25.6 Å². The number of hydrogen-bond acceptors (Lipinski definition) is 4. The molecule has 6 heteroatoms. The number of amides is 1. The van der Waals surface area contributed by atoms with E-state index in [1.807, 2.05) is 32.0 Å². The second-order valence-corrected chi connectivity index (χ2v) is 6.88. The van der Waals surface area contributed by atoms with Crippen LogP contribution in [0.3, 0.4) is 0 Å². The Labute approximate surface area is 135 Å². The summed E-state index contributed by atoms with van der Waals surface area (Å²) in [5.74, 6) is 1.30. The lowest BCUT2D eigenvalue weighted by molar-refractivity contribution is -0.120. The van der Waals surface area contributed by atoms with E-state index < -0.39 is 0 Å². The molecule has 1 unspecified atom stereocenters. The number of nitrogens with zero attached hydrogens (tertiary/aromatic N) is 1. The Morgan fingerprint density at radius 3 is 2.86 bits per heavy atom. The summed E-state index contributed by atoms with van der Waals surface area (Å²) in [5.41, 5.74) is 1.80. The quantitative estimate of drug-likeness (QED) is 0.769. The number of thioether (sulfide) groups is 1. The Kier molecular flexibility index (Phi) is 5.71. The molecular formula is C16H23N3O2S. The molecular weight excluding hydrogens is 298 g/mol. The van der Waals surface area contributed by atoms with Crippen LogP contribution in [-0.4, -0.2) is 34.3 Å². The highest BCUT2D eigenvalue weighted by Gasteiger charge is 2.16. The van der Waals surface area contributed by atoms with Crippen LogP contribution in [0.5, 0.6) is 5.75 Å². The van der Waals surface area contributed by atoms with E-state index in [0.717, 1.165) is 21.9 Å². The van der Waals surface area contributed by atoms with Crippen LogP contribution < -0.4 is 10.1 Å². The Morgan fingerprint density at radius 2 is 2.18 bits per heavy atom. The lowest BCUT2D eigenvalue weighted by Crippen LogP contribution is -2.33. The average molecular weight is 321 g/mol. The molecule has 2 rings (SSSR count). The van der Waals surface area contributed by atoms with E-state index in [2.05, 4.69) is 29.1 Å². The van der Waals surface area contributed by atoms with Gasteiger partial charge in [-0.15, -0.1) is 0 Å². The largest absolute Gasteiger partial charge is 0.494 e. The predicted molar refractivity (Wildman–Crippen MR) is 90.4 cm³/mol. The van der Waals surface area contributed by atoms with Crippen molar-refractivity contribution in [2.24, 2.45) is 5.92 Å². The molecule has 0 saturated heterocycles. The van der Waals surface area contributed by atoms with Gasteiger partial charge in [0, 0.05) is 12.6 Å². The Bertz CT molecular complexity index is 639. The molecule has 0 fully saturated rings. The number of H-pyrrole nitrogens is 1. The number of ether oxygens (including phenoxy) is 1. The van der Waals surface area contributed by atoms with Crippen molar-refractivity contribution >= 4 is 28.7 Å². The van der Waals surface area contributed by atoms with Crippen molar-refractivity contribution in [3.05, 3.63) is 18.2 Å². The van der Waals surface area contributed by atoms with E-state index in [9.17, 15) is 4.79 Å². The number of imidazole rings is 1. The summed E-state index contributed by atoms with van der Waals surface area (Å²) in [6, 6.07) is 5.75. The molecule has 22 heavy (non-hydrogen) atoms. The van der Waals surface area contributed by atoms with Gasteiger partial charge >= 0.3 is 0 Å². The molecule has 120 valence electrons. The minimum absolute atomic E-state index is 0.0363. The van der Waals surface area contributed by atoms with Crippen LogP contribution in [0.1, 0.15) is 27.7 Å². The monoisotopic (exact) mass is 321 g/mol. The van der Waals surface area contributed by atoms with Crippen molar-refractivity contribution in [2.75, 3.05) is 13.2 Å². The Hall–Kier alpha value is -1.69. The molecule has 0 spiro atoms. The van der Waals surface area contributed by atoms with Crippen molar-refractivity contribution < 1.29 is 9.53 Å². The van der Waals surface area contributed by atoms with Crippen molar-refractivity contribution in [3.8, 4) is 5.75 Å². The topological polar surface area (TPSA) is 67.0 Å². The number of fused-ring (bicyclic) bond motifs is 1. The van der Waals surface area contributed by atoms with Crippen LogP contribution in [0.15, 0.2) is 23.4 Å². The summed E-state index contributed by atoms with van der Waals surface area (Å²) in [4.78, 5) is 19.8. The second kappa shape index (κ2) is 7.54. The summed E-state index contributed by atoms with van der Waals surface area (Å²) in [6.45, 7) is 9.32. The smallest absolute Gasteiger partial charge is 0.233 e. The minimum atomic E-state index is -0.189. The van der Waals surface area contributed by atoms with Gasteiger partial charge in [-0.3, -0.25) is 4.79 Å². The highest BCUT2D eigenvalue weighted by molar-refractivity contribution is 8.00. The highest BCUT2D eigenvalue weighted by Crippen LogP contribution is 2.25. The lowest BCUT2D eigenvalue weighted by Gasteiger charge is -2.11. The first kappa shape index (κ1) is 16.7. The molecule has 0 aliphatic rings. The van der Waals surface area contributed by atoms with Gasteiger partial charge in [-0.2, -0.15) is 0 Å². The van der Waals surface area contributed by atoms with Crippen LogP contribution in [0.25, 0.3) is 11.0 Å². The van der Waals surface area contributed by atoms with Gasteiger partial charge in [0.25, 0.3) is 0 Å². The van der Waals surface area contributed by atoms with Crippen LogP contribution in [0.2, 0.25) is 0 Å². The van der Waals surface area contributed by atoms with Crippen LogP contribution in [0, 0.1) is 5.92 Å². The molecule has 0 radical (unpaired) electrons. The first-order valence-electron chi connectivity index (χ1n) is 7.56. The average Bonchev–Trinajstić information content (AvgIpc) is 2.86. The van der Waals surface area contributed by atoms with Crippen LogP contribution in [0.4, 0.5) is 0 Å². The number of aromatic nitrogens is 2. The maximum atomic E-state index is 12.0. The third kappa shape index (κ3) is 4.40. The van der Waals surface area contributed by atoms with Gasteiger partial charge < -0.3 is 15.0 Å². The number of benzene rings is 1. The number of aromatic amines is 1. The molecule has 2 N–H and O–H groups in total. The van der Waals surface area contributed by atoms with Gasteiger partial charge in [-0.05, 0) is 31.9 Å². The third-order valence-electron chi connectivity index (χ3n) is 3.08. The Morgan fingerprint density at radius 1 is 1.41 bits per heavy atom. The molecule has 0 saturated carbocycles. The zero-order valence-corrected chi connectivity index (χ0v) is 14.3. The molecule has 0 aliphatic heterocycles. The maximum absolute atomic E-state index is 12.0. The molecule has 2 aromatic rings. The molecule has 0 aliphatic carbocycles. The highest BCUT2D eigenvalue weighted by atomic mass is 32.2. The summed E-state index contributed by atoms with van der Waals surface area (Å²) in [7, 11) is 0. The molecule has 1 heterocycles. The molecule has 1 atom stereocenters. The predicted octanol–water partition coefficient (Wildman–Crippen LogP) is 3.21. The molecule has 1 amide bonds. The zero-order chi connectivity index (χ0) is 16.1. The maximum Gasteiger partial charge on any atom is 0.233 e. The van der Waals surface area contributed by atoms with Gasteiger partial charge in [-0.25, -0.2) is 4.98 Å². The second-order valence-electron chi connectivity index (χ2n) is 5.55. The fourth-order valence-electron chi connectivity index (χ4n) is 1.95. The first-order chi connectivity index (χ1) is 10.5. The standard InChI is InChI=1S/C16H23N3O2S/c1-5-21-12-6-7-13-14(8-12)19-16(18-13)22-11(4)15(20)17-9-10(2)3/h6-8,10-11H,5,9H2,1-4H3,(H,17,20)(H,18,19). The number of hydrogen-bond donors (Lipinski definition) is 2. The van der Waals surface area contributed by atoms with Crippen molar-refractivity contribution in [1.82, 2.24) is 15.3 Å². The fraction of sp³-hybridized carbons (Fsp3) is 0.500. The van der Waals surface area contributed by atoms with E-state index in [1.54, 1.807) is 0 Å². The van der Waals surface area contributed by atoms with E-state index >= 15 is 0 Å². The summed E-state index contributed by atoms with van der Waals surface area (Å²) >= 11 is 1.43. The van der Waals surface area contributed by atoms with Crippen molar-refractivity contribution in [1.29, 1.82) is 0 Å². The van der Waals surface area contributed by atoms with Crippen molar-refractivity contribution in [3.63, 3.8) is 0 Å². The molecule has 0 bridgehead atoms. The summed E-state index contributed by atoms with van der Waals surface area (Å²) in [6.07, 6.45) is 0. The summed E-state index contributed by atoms with van der Waals surface area (Å²) < 4.78 is 5.48. The lowest BCUT2D eigenvalue weighted by atomic mass is 10.2. The van der Waals surface area contributed by atoms with Gasteiger partial charge in [0.15, 0.2) is 5.16 Å². The van der Waals surface area contributed by atoms with Gasteiger partial charge in [0.1, 0.15) is 5.75 Å². The van der Waals surface area contributed by atoms with E-state index in [1.165, 1.54) is 11.8 Å². The number of carbonyl (C=O) groups is 1. The number of nitrogens with one attached hydrogen (secondary N) is 2. The SMILES string of the molecule is CCOc1ccc2nc(SC(C)C(=O)NCC(C)C)[nH]c2c1. The van der Waals surface area contributed by atoms with Gasteiger partial charge in [0.2, 0.25) is 5.91 Å². The van der Waals surface area contributed by atoms with E-state index in [0.29, 0.717) is 19.1 Å². The minimum Gasteiger partial charge on any atom is -0.494 e. The fourth-order valence-corrected chi connectivity index (χ4v) is 2.79.